The molecule has 1 unspecified atom stereocenters. The van der Waals surface area contributed by atoms with Gasteiger partial charge in [-0.3, -0.25) is 5.10 Å². The monoisotopic (exact) mass is 179 g/mol. The summed E-state index contributed by atoms with van der Waals surface area (Å²) in [5.41, 5.74) is 7.48. The van der Waals surface area contributed by atoms with Crippen LogP contribution in [0.25, 0.3) is 5.65 Å². The molecule has 2 aromatic rings. The first kappa shape index (κ1) is 8.25. The van der Waals surface area contributed by atoms with E-state index in [1.165, 1.54) is 0 Å². The SMILES string of the molecule is Cc1cc2[nH]nc(C(C)CN)n2n1. The van der Waals surface area contributed by atoms with Gasteiger partial charge < -0.3 is 5.73 Å². The Balaban J connectivity index is 2.55. The van der Waals surface area contributed by atoms with Crippen molar-refractivity contribution in [2.24, 2.45) is 5.73 Å². The van der Waals surface area contributed by atoms with Crippen molar-refractivity contribution >= 4 is 5.65 Å². The number of rotatable bonds is 2. The van der Waals surface area contributed by atoms with Crippen LogP contribution in [0.1, 0.15) is 24.4 Å². The molecule has 1 atom stereocenters. The van der Waals surface area contributed by atoms with Crippen molar-refractivity contribution in [3.05, 3.63) is 17.6 Å². The summed E-state index contributed by atoms with van der Waals surface area (Å²) in [6.07, 6.45) is 0. The third-order valence-corrected chi connectivity index (χ3v) is 2.13. The number of aromatic amines is 1. The Morgan fingerprint density at radius 1 is 1.69 bits per heavy atom. The van der Waals surface area contributed by atoms with Crippen LogP contribution >= 0.6 is 0 Å². The zero-order valence-electron chi connectivity index (χ0n) is 7.78. The van der Waals surface area contributed by atoms with Gasteiger partial charge in [0.1, 0.15) is 0 Å². The standard InChI is InChI=1S/C8H13N5/c1-5(4-9)8-11-10-7-3-6(2)12-13(7)8/h3,5,10H,4,9H2,1-2H3. The summed E-state index contributed by atoms with van der Waals surface area (Å²) < 4.78 is 1.81. The van der Waals surface area contributed by atoms with E-state index in [1.807, 2.05) is 24.4 Å². The molecular weight excluding hydrogens is 166 g/mol. The maximum Gasteiger partial charge on any atom is 0.156 e. The van der Waals surface area contributed by atoms with Gasteiger partial charge in [0, 0.05) is 18.5 Å². The van der Waals surface area contributed by atoms with Gasteiger partial charge in [0.15, 0.2) is 11.5 Å². The first-order valence-electron chi connectivity index (χ1n) is 4.33. The highest BCUT2D eigenvalue weighted by Crippen LogP contribution is 2.12. The minimum atomic E-state index is 0.230. The minimum absolute atomic E-state index is 0.230. The molecule has 2 heterocycles. The molecule has 5 nitrogen and oxygen atoms in total. The number of fused-ring (bicyclic) bond motifs is 1. The summed E-state index contributed by atoms with van der Waals surface area (Å²) in [6, 6.07) is 1.96. The van der Waals surface area contributed by atoms with E-state index in [9.17, 15) is 0 Å². The van der Waals surface area contributed by atoms with E-state index >= 15 is 0 Å². The zero-order chi connectivity index (χ0) is 9.42. The number of aromatic nitrogens is 4. The van der Waals surface area contributed by atoms with Gasteiger partial charge in [-0.05, 0) is 6.92 Å². The van der Waals surface area contributed by atoms with E-state index in [4.69, 9.17) is 5.73 Å². The summed E-state index contributed by atoms with van der Waals surface area (Å²) in [5, 5.41) is 11.4. The highest BCUT2D eigenvalue weighted by molar-refractivity contribution is 5.38. The highest BCUT2D eigenvalue weighted by Gasteiger charge is 2.12. The lowest BCUT2D eigenvalue weighted by molar-refractivity contribution is 0.676. The average molecular weight is 179 g/mol. The van der Waals surface area contributed by atoms with Gasteiger partial charge >= 0.3 is 0 Å². The van der Waals surface area contributed by atoms with Crippen LogP contribution in [0.15, 0.2) is 6.07 Å². The maximum absolute atomic E-state index is 5.57. The van der Waals surface area contributed by atoms with Crippen molar-refractivity contribution in [3.8, 4) is 0 Å². The fraction of sp³-hybridized carbons (Fsp3) is 0.500. The van der Waals surface area contributed by atoms with Crippen LogP contribution in [0.5, 0.6) is 0 Å². The Labute approximate surface area is 75.9 Å². The fourth-order valence-electron chi connectivity index (χ4n) is 1.34. The van der Waals surface area contributed by atoms with Crippen LogP contribution in [-0.2, 0) is 0 Å². The molecule has 0 aliphatic heterocycles. The summed E-state index contributed by atoms with van der Waals surface area (Å²) in [7, 11) is 0. The smallest absolute Gasteiger partial charge is 0.156 e. The first-order valence-corrected chi connectivity index (χ1v) is 4.33. The third kappa shape index (κ3) is 1.21. The predicted octanol–water partition coefficient (Wildman–Crippen LogP) is 0.428. The van der Waals surface area contributed by atoms with E-state index in [1.54, 1.807) is 0 Å². The second kappa shape index (κ2) is 2.85. The molecule has 5 heteroatoms. The molecule has 3 N–H and O–H groups in total. The molecule has 2 rings (SSSR count). The van der Waals surface area contributed by atoms with Gasteiger partial charge in [-0.2, -0.15) is 14.7 Å². The minimum Gasteiger partial charge on any atom is -0.330 e. The van der Waals surface area contributed by atoms with Crippen molar-refractivity contribution in [2.45, 2.75) is 19.8 Å². The van der Waals surface area contributed by atoms with E-state index in [2.05, 4.69) is 15.3 Å². The van der Waals surface area contributed by atoms with Gasteiger partial charge in [-0.15, -0.1) is 0 Å². The molecule has 70 valence electrons. The lowest BCUT2D eigenvalue weighted by Gasteiger charge is -2.02. The quantitative estimate of drug-likeness (QED) is 0.702. The highest BCUT2D eigenvalue weighted by atomic mass is 15.4. The summed E-state index contributed by atoms with van der Waals surface area (Å²) >= 11 is 0. The molecule has 0 saturated heterocycles. The number of hydrogen-bond acceptors (Lipinski definition) is 3. The summed E-state index contributed by atoms with van der Waals surface area (Å²) in [5.74, 6) is 1.12. The van der Waals surface area contributed by atoms with E-state index < -0.39 is 0 Å². The van der Waals surface area contributed by atoms with Crippen LogP contribution in [0.3, 0.4) is 0 Å². The molecule has 0 spiro atoms. The van der Waals surface area contributed by atoms with Crippen LogP contribution in [0.2, 0.25) is 0 Å². The number of aryl methyl sites for hydroxylation is 1. The van der Waals surface area contributed by atoms with Crippen LogP contribution in [0.4, 0.5) is 0 Å². The lowest BCUT2D eigenvalue weighted by Crippen LogP contribution is -2.12. The largest absolute Gasteiger partial charge is 0.330 e. The molecule has 0 saturated carbocycles. The van der Waals surface area contributed by atoms with Crippen LogP contribution < -0.4 is 5.73 Å². The van der Waals surface area contributed by atoms with Crippen molar-refractivity contribution < 1.29 is 0 Å². The summed E-state index contributed by atoms with van der Waals surface area (Å²) in [6.45, 7) is 4.57. The van der Waals surface area contributed by atoms with E-state index in [0.29, 0.717) is 6.54 Å². The van der Waals surface area contributed by atoms with E-state index in [-0.39, 0.29) is 5.92 Å². The average Bonchev–Trinajstić information content (AvgIpc) is 2.61. The number of H-pyrrole nitrogens is 1. The Bertz CT molecular complexity index is 413. The van der Waals surface area contributed by atoms with Gasteiger partial charge in [-0.1, -0.05) is 6.92 Å². The number of nitrogens with one attached hydrogen (secondary N) is 1. The number of hydrogen-bond donors (Lipinski definition) is 2. The van der Waals surface area contributed by atoms with Gasteiger partial charge in [0.2, 0.25) is 0 Å². The van der Waals surface area contributed by atoms with Crippen molar-refractivity contribution in [1.29, 1.82) is 0 Å². The molecule has 0 bridgehead atoms. The first-order chi connectivity index (χ1) is 6.22. The molecule has 0 amide bonds. The van der Waals surface area contributed by atoms with Gasteiger partial charge in [-0.25, -0.2) is 0 Å². The second-order valence-electron chi connectivity index (χ2n) is 3.30. The molecule has 0 fully saturated rings. The molecule has 0 aliphatic rings. The Morgan fingerprint density at radius 2 is 2.46 bits per heavy atom. The molecule has 0 aromatic carbocycles. The van der Waals surface area contributed by atoms with Crippen LogP contribution in [-0.4, -0.2) is 26.4 Å². The van der Waals surface area contributed by atoms with E-state index in [0.717, 1.165) is 17.2 Å². The third-order valence-electron chi connectivity index (χ3n) is 2.13. The van der Waals surface area contributed by atoms with Crippen molar-refractivity contribution in [1.82, 2.24) is 19.8 Å². The normalized spacial score (nSPS) is 13.8. The van der Waals surface area contributed by atoms with Gasteiger partial charge in [0.25, 0.3) is 0 Å². The molecule has 13 heavy (non-hydrogen) atoms. The number of nitrogens with two attached hydrogens (primary N) is 1. The Morgan fingerprint density at radius 3 is 3.15 bits per heavy atom. The van der Waals surface area contributed by atoms with Crippen molar-refractivity contribution in [3.63, 3.8) is 0 Å². The maximum atomic E-state index is 5.57. The lowest BCUT2D eigenvalue weighted by atomic mass is 10.2. The molecule has 0 aliphatic carbocycles. The zero-order valence-corrected chi connectivity index (χ0v) is 7.78. The molecule has 2 aromatic heterocycles. The Kier molecular flexibility index (Phi) is 1.81. The summed E-state index contributed by atoms with van der Waals surface area (Å²) in [4.78, 5) is 0. The van der Waals surface area contributed by atoms with Crippen LogP contribution in [0, 0.1) is 6.92 Å². The molecule has 0 radical (unpaired) electrons. The predicted molar refractivity (Wildman–Crippen MR) is 49.5 cm³/mol. The number of nitrogens with zero attached hydrogens (tertiary/aromatic N) is 3. The topological polar surface area (TPSA) is 72.0 Å². The fourth-order valence-corrected chi connectivity index (χ4v) is 1.34. The second-order valence-corrected chi connectivity index (χ2v) is 3.30. The Hall–Kier alpha value is -1.36. The molecular formula is C8H13N5. The van der Waals surface area contributed by atoms with Crippen molar-refractivity contribution in [2.75, 3.05) is 6.54 Å². The van der Waals surface area contributed by atoms with Gasteiger partial charge in [0.05, 0.1) is 5.69 Å².